The number of piperazine rings is 1. The van der Waals surface area contributed by atoms with Gasteiger partial charge < -0.3 is 24.8 Å². The molecule has 146 valence electrons. The average molecular weight is 476 g/mol. The lowest BCUT2D eigenvalue weighted by molar-refractivity contribution is 0.133. The molecule has 3 rings (SSSR count). The molecule has 8 nitrogen and oxygen atoms in total. The van der Waals surface area contributed by atoms with E-state index >= 15 is 0 Å². The van der Waals surface area contributed by atoms with Crippen molar-refractivity contribution < 1.29 is 5.11 Å². The minimum Gasteiger partial charge on any atom is -0.393 e. The fourth-order valence-corrected chi connectivity index (χ4v) is 3.64. The highest BCUT2D eigenvalue weighted by atomic mass is 127. The molecule has 2 heterocycles. The Morgan fingerprint density at radius 2 is 2.08 bits per heavy atom. The molecule has 0 amide bonds. The SMILES string of the molecule is CN=C(NCC1CCCC1O)N1CCN(c2nccn(C)c2=O)CC1.I. The van der Waals surface area contributed by atoms with Gasteiger partial charge in [0.15, 0.2) is 11.8 Å². The predicted octanol–water partition coefficient (Wildman–Crippen LogP) is 0.257. The van der Waals surface area contributed by atoms with Gasteiger partial charge in [-0.05, 0) is 12.8 Å². The summed E-state index contributed by atoms with van der Waals surface area (Å²) in [6.07, 6.45) is 6.22. The van der Waals surface area contributed by atoms with Crippen molar-refractivity contribution in [1.82, 2.24) is 19.8 Å². The number of anilines is 1. The summed E-state index contributed by atoms with van der Waals surface area (Å²) in [6.45, 7) is 3.80. The highest BCUT2D eigenvalue weighted by molar-refractivity contribution is 14.0. The van der Waals surface area contributed by atoms with Crippen LogP contribution in [0, 0.1) is 5.92 Å². The molecule has 1 aliphatic carbocycles. The van der Waals surface area contributed by atoms with E-state index in [9.17, 15) is 9.90 Å². The second-order valence-electron chi connectivity index (χ2n) is 6.83. The van der Waals surface area contributed by atoms with Crippen molar-refractivity contribution in [3.63, 3.8) is 0 Å². The topological polar surface area (TPSA) is 86.0 Å². The smallest absolute Gasteiger partial charge is 0.293 e. The van der Waals surface area contributed by atoms with Crippen molar-refractivity contribution in [2.75, 3.05) is 44.7 Å². The molecule has 1 aliphatic heterocycles. The Kier molecular flexibility index (Phi) is 7.69. The van der Waals surface area contributed by atoms with Crippen molar-refractivity contribution in [1.29, 1.82) is 0 Å². The molecule has 0 spiro atoms. The number of nitrogens with one attached hydrogen (secondary N) is 1. The Morgan fingerprint density at radius 1 is 1.35 bits per heavy atom. The third-order valence-corrected chi connectivity index (χ3v) is 5.23. The van der Waals surface area contributed by atoms with E-state index in [4.69, 9.17) is 0 Å². The van der Waals surface area contributed by atoms with Crippen molar-refractivity contribution in [2.45, 2.75) is 25.4 Å². The van der Waals surface area contributed by atoms with E-state index in [2.05, 4.69) is 20.2 Å². The van der Waals surface area contributed by atoms with Gasteiger partial charge in [0, 0.05) is 65.1 Å². The molecule has 9 heteroatoms. The maximum absolute atomic E-state index is 12.2. The minimum atomic E-state index is -0.192. The van der Waals surface area contributed by atoms with Crippen LogP contribution in [0.1, 0.15) is 19.3 Å². The monoisotopic (exact) mass is 476 g/mol. The second-order valence-corrected chi connectivity index (χ2v) is 6.83. The van der Waals surface area contributed by atoms with Crippen molar-refractivity contribution in [3.05, 3.63) is 22.7 Å². The van der Waals surface area contributed by atoms with Crippen LogP contribution >= 0.6 is 24.0 Å². The number of aliphatic hydroxyl groups excluding tert-OH is 1. The van der Waals surface area contributed by atoms with Crippen LogP contribution in [0.2, 0.25) is 0 Å². The normalized spacial score (nSPS) is 23.7. The van der Waals surface area contributed by atoms with Crippen molar-refractivity contribution in [2.24, 2.45) is 18.0 Å². The summed E-state index contributed by atoms with van der Waals surface area (Å²) in [6, 6.07) is 0. The first-order chi connectivity index (χ1) is 12.1. The summed E-state index contributed by atoms with van der Waals surface area (Å²) in [5.74, 6) is 1.70. The summed E-state index contributed by atoms with van der Waals surface area (Å²) in [5.41, 5.74) is -0.0614. The van der Waals surface area contributed by atoms with Gasteiger partial charge in [-0.15, -0.1) is 24.0 Å². The number of aliphatic hydroxyl groups is 1. The molecule has 2 N–H and O–H groups in total. The lowest BCUT2D eigenvalue weighted by Gasteiger charge is -2.37. The van der Waals surface area contributed by atoms with Crippen LogP contribution in [-0.2, 0) is 7.05 Å². The van der Waals surface area contributed by atoms with Crippen LogP contribution in [-0.4, -0.2) is 71.4 Å². The van der Waals surface area contributed by atoms with Gasteiger partial charge >= 0.3 is 0 Å². The Bertz CT molecular complexity index is 671. The third-order valence-electron chi connectivity index (χ3n) is 5.23. The Morgan fingerprint density at radius 3 is 2.69 bits per heavy atom. The van der Waals surface area contributed by atoms with Gasteiger partial charge in [-0.25, -0.2) is 4.98 Å². The number of rotatable bonds is 3. The first kappa shape index (κ1) is 20.9. The summed E-state index contributed by atoms with van der Waals surface area (Å²) in [7, 11) is 3.53. The quantitative estimate of drug-likeness (QED) is 0.370. The van der Waals surface area contributed by atoms with Gasteiger partial charge in [-0.1, -0.05) is 6.42 Å². The van der Waals surface area contributed by atoms with Crippen LogP contribution in [0.15, 0.2) is 22.2 Å². The number of nitrogens with zero attached hydrogens (tertiary/aromatic N) is 5. The van der Waals surface area contributed by atoms with E-state index in [1.807, 2.05) is 4.90 Å². The first-order valence-electron chi connectivity index (χ1n) is 9.00. The maximum Gasteiger partial charge on any atom is 0.293 e. The third kappa shape index (κ3) is 4.67. The standard InChI is InChI=1S/C17H28N6O2.HI/c1-18-17(20-12-13-4-3-5-14(13)24)23-10-8-22(9-11-23)15-16(25)21(2)7-6-19-15;/h6-7,13-14,24H,3-5,8-12H2,1-2H3,(H,18,20);1H. The van der Waals surface area contributed by atoms with Crippen molar-refractivity contribution >= 4 is 35.8 Å². The number of hydrogen-bond acceptors (Lipinski definition) is 5. The van der Waals surface area contributed by atoms with Crippen LogP contribution < -0.4 is 15.8 Å². The molecule has 2 atom stereocenters. The molecular weight excluding hydrogens is 447 g/mol. The Balaban J connectivity index is 0.00000243. The van der Waals surface area contributed by atoms with Gasteiger partial charge in [0.25, 0.3) is 5.56 Å². The molecule has 26 heavy (non-hydrogen) atoms. The molecule has 1 aromatic heterocycles. The Hall–Kier alpha value is -1.36. The molecule has 0 aromatic carbocycles. The molecule has 2 fully saturated rings. The summed E-state index contributed by atoms with van der Waals surface area (Å²) in [5, 5.41) is 13.4. The van der Waals surface area contributed by atoms with Crippen LogP contribution in [0.5, 0.6) is 0 Å². The molecule has 2 unspecified atom stereocenters. The fraction of sp³-hybridized carbons (Fsp3) is 0.706. The number of aryl methyl sites for hydroxylation is 1. The predicted molar refractivity (Wildman–Crippen MR) is 113 cm³/mol. The number of aromatic nitrogens is 2. The van der Waals surface area contributed by atoms with Gasteiger partial charge in [0.1, 0.15) is 0 Å². The molecular formula is C17H29IN6O2. The Labute approximate surface area is 171 Å². The zero-order valence-electron chi connectivity index (χ0n) is 15.5. The van der Waals surface area contributed by atoms with Crippen LogP contribution in [0.4, 0.5) is 5.82 Å². The fourth-order valence-electron chi connectivity index (χ4n) is 3.64. The van der Waals surface area contributed by atoms with Crippen LogP contribution in [0.25, 0.3) is 0 Å². The van der Waals surface area contributed by atoms with Gasteiger partial charge in [0.2, 0.25) is 0 Å². The molecule has 1 saturated carbocycles. The number of halogens is 1. The lowest BCUT2D eigenvalue weighted by Crippen LogP contribution is -2.54. The van der Waals surface area contributed by atoms with E-state index in [1.54, 1.807) is 31.1 Å². The van der Waals surface area contributed by atoms with Gasteiger partial charge in [0.05, 0.1) is 6.10 Å². The highest BCUT2D eigenvalue weighted by Crippen LogP contribution is 2.24. The maximum atomic E-state index is 12.2. The molecule has 1 aromatic rings. The molecule has 0 bridgehead atoms. The average Bonchev–Trinajstić information content (AvgIpc) is 3.04. The van der Waals surface area contributed by atoms with E-state index in [1.165, 1.54) is 0 Å². The minimum absolute atomic E-state index is 0. The van der Waals surface area contributed by atoms with Crippen LogP contribution in [0.3, 0.4) is 0 Å². The van der Waals surface area contributed by atoms with E-state index in [0.717, 1.165) is 57.9 Å². The number of aliphatic imine (C=N–C) groups is 1. The van der Waals surface area contributed by atoms with E-state index in [-0.39, 0.29) is 35.6 Å². The van der Waals surface area contributed by atoms with Gasteiger partial charge in [-0.2, -0.15) is 0 Å². The van der Waals surface area contributed by atoms with E-state index in [0.29, 0.717) is 11.7 Å². The molecule has 2 aliphatic rings. The molecule has 0 radical (unpaired) electrons. The summed E-state index contributed by atoms with van der Waals surface area (Å²) < 4.78 is 1.56. The largest absolute Gasteiger partial charge is 0.393 e. The second kappa shape index (κ2) is 9.54. The van der Waals surface area contributed by atoms with Crippen molar-refractivity contribution in [3.8, 4) is 0 Å². The number of hydrogen-bond donors (Lipinski definition) is 2. The lowest BCUT2D eigenvalue weighted by atomic mass is 10.1. The summed E-state index contributed by atoms with van der Waals surface area (Å²) >= 11 is 0. The molecule has 1 saturated heterocycles. The zero-order valence-corrected chi connectivity index (χ0v) is 17.8. The highest BCUT2D eigenvalue weighted by Gasteiger charge is 2.27. The first-order valence-corrected chi connectivity index (χ1v) is 9.00. The van der Waals surface area contributed by atoms with E-state index < -0.39 is 0 Å². The summed E-state index contributed by atoms with van der Waals surface area (Å²) in [4.78, 5) is 25.1. The number of guanidine groups is 1. The zero-order chi connectivity index (χ0) is 17.8. The van der Waals surface area contributed by atoms with Gasteiger partial charge in [-0.3, -0.25) is 9.79 Å².